The average Bonchev–Trinajstić information content (AvgIpc) is 3.78. The van der Waals surface area contributed by atoms with Crippen LogP contribution in [-0.2, 0) is 22.6 Å². The van der Waals surface area contributed by atoms with Crippen LogP contribution in [0.2, 0.25) is 0 Å². The first kappa shape index (κ1) is 37.4. The molecule has 3 amide bonds. The number of nitrogens with zero attached hydrogens (tertiary/aromatic N) is 5. The van der Waals surface area contributed by atoms with Gasteiger partial charge in [0.2, 0.25) is 0 Å². The number of piperidine rings is 1. The number of urea groups is 1. The maximum atomic E-state index is 16.1. The number of hydrogen-bond donors (Lipinski definition) is 1. The van der Waals surface area contributed by atoms with Gasteiger partial charge in [0, 0.05) is 63.6 Å². The monoisotopic (exact) mass is 745 g/mol. The molecule has 4 heterocycles. The minimum atomic E-state index is -1.45. The molecule has 54 heavy (non-hydrogen) atoms. The molecule has 1 aromatic heterocycles. The fourth-order valence-corrected chi connectivity index (χ4v) is 7.87. The molecular formula is C41H46F3N5O5. The van der Waals surface area contributed by atoms with E-state index >= 15 is 8.78 Å². The fourth-order valence-electron chi connectivity index (χ4n) is 7.87. The summed E-state index contributed by atoms with van der Waals surface area (Å²) in [6.45, 7) is 1.56. The van der Waals surface area contributed by atoms with E-state index in [1.807, 2.05) is 65.2 Å². The van der Waals surface area contributed by atoms with Crippen molar-refractivity contribution < 1.29 is 37.3 Å². The second kappa shape index (κ2) is 17.1. The van der Waals surface area contributed by atoms with Crippen molar-refractivity contribution in [1.82, 2.24) is 24.3 Å². The Kier molecular flexibility index (Phi) is 11.8. The van der Waals surface area contributed by atoms with Gasteiger partial charge < -0.3 is 33.8 Å². The number of likely N-dealkylation sites (tertiary alicyclic amines) is 2. The average molecular weight is 746 g/mol. The van der Waals surface area contributed by atoms with E-state index in [2.05, 4.69) is 0 Å². The molecule has 0 saturated carbocycles. The Morgan fingerprint density at radius 2 is 1.65 bits per heavy atom. The normalized spacial score (nSPS) is 21.2. The van der Waals surface area contributed by atoms with E-state index in [0.717, 1.165) is 29.3 Å². The van der Waals surface area contributed by atoms with Crippen LogP contribution in [0.3, 0.4) is 0 Å². The number of aromatic nitrogens is 2. The van der Waals surface area contributed by atoms with Gasteiger partial charge in [-0.15, -0.1) is 0 Å². The van der Waals surface area contributed by atoms with Gasteiger partial charge in [0.25, 0.3) is 0 Å². The molecule has 0 bridgehead atoms. The first-order valence-corrected chi connectivity index (χ1v) is 18.7. The van der Waals surface area contributed by atoms with Gasteiger partial charge in [-0.1, -0.05) is 60.7 Å². The first-order valence-electron chi connectivity index (χ1n) is 18.7. The highest BCUT2D eigenvalue weighted by Crippen LogP contribution is 2.39. The van der Waals surface area contributed by atoms with E-state index in [1.165, 1.54) is 4.90 Å². The summed E-state index contributed by atoms with van der Waals surface area (Å²) in [5, 5.41) is 10.6. The van der Waals surface area contributed by atoms with E-state index in [0.29, 0.717) is 57.8 Å². The van der Waals surface area contributed by atoms with Crippen molar-refractivity contribution in [1.29, 1.82) is 0 Å². The second-order valence-electron chi connectivity index (χ2n) is 14.5. The number of hydrogen-bond acceptors (Lipinski definition) is 6. The van der Waals surface area contributed by atoms with Crippen LogP contribution in [0.4, 0.5) is 22.8 Å². The number of rotatable bonds is 10. The molecule has 3 aliphatic heterocycles. The Bertz CT molecular complexity index is 1880. The number of alkyl halides is 1. The maximum Gasteiger partial charge on any atom is 0.410 e. The number of ether oxygens (including phenoxy) is 2. The van der Waals surface area contributed by atoms with Crippen LogP contribution < -0.4 is 0 Å². The number of halogens is 3. The third-order valence-electron chi connectivity index (χ3n) is 10.7. The summed E-state index contributed by atoms with van der Waals surface area (Å²) >= 11 is 0. The summed E-state index contributed by atoms with van der Waals surface area (Å²) in [5.74, 6) is -1.76. The maximum absolute atomic E-state index is 16.1. The zero-order chi connectivity index (χ0) is 37.6. The van der Waals surface area contributed by atoms with Gasteiger partial charge in [-0.2, -0.15) is 0 Å². The number of β-amino-alcohol motifs (C(OH)–C–C–N with tert-alkyl or cyclic N) is 1. The SMILES string of the molecule is O=C(OCc1ccccc1)N1C[C@@H](CN(C(=O)N2CCCC(O)C2)[C@@H](c2nc(-c3cc(F)ccc3F)cn2Cc2ccccc2)C2CCOCC2)[C@@H](F)C1. The summed E-state index contributed by atoms with van der Waals surface area (Å²) in [5.41, 5.74) is 1.92. The number of carbonyl (C=O) groups is 2. The van der Waals surface area contributed by atoms with Crippen LogP contribution in [0.1, 0.15) is 48.7 Å². The lowest BCUT2D eigenvalue weighted by Gasteiger charge is -2.43. The van der Waals surface area contributed by atoms with Gasteiger partial charge in [-0.05, 0) is 60.9 Å². The standard InChI is InChI=1S/C41H46F3N5O5/c42-32-13-14-35(43)34(20-32)37-26-47(21-28-8-3-1-4-9-28)39(45-37)38(30-15-18-53-19-16-30)49(40(51)46-17-7-12-33(50)24-46)23-31-22-48(25-36(31)44)41(52)54-27-29-10-5-2-6-11-29/h1-6,8-11,13-14,20,26,30-31,33,36,38,50H,7,12,15-19,21-25,27H2/t31-,33?,36-,38+/m0/s1. The largest absolute Gasteiger partial charge is 0.445 e. The third kappa shape index (κ3) is 8.73. The van der Waals surface area contributed by atoms with Crippen molar-refractivity contribution in [3.63, 3.8) is 0 Å². The minimum Gasteiger partial charge on any atom is -0.445 e. The Morgan fingerprint density at radius 3 is 2.37 bits per heavy atom. The summed E-state index contributed by atoms with van der Waals surface area (Å²) in [4.78, 5) is 37.6. The molecular weight excluding hydrogens is 699 g/mol. The Balaban J connectivity index is 1.27. The smallest absolute Gasteiger partial charge is 0.410 e. The summed E-state index contributed by atoms with van der Waals surface area (Å²) in [6, 6.07) is 20.9. The number of amides is 3. The van der Waals surface area contributed by atoms with Gasteiger partial charge in [-0.3, -0.25) is 0 Å². The summed E-state index contributed by atoms with van der Waals surface area (Å²) in [7, 11) is 0. The summed E-state index contributed by atoms with van der Waals surface area (Å²) in [6.07, 6.45) is 1.19. The van der Waals surface area contributed by atoms with Crippen molar-refractivity contribution in [2.45, 2.75) is 57.2 Å². The molecule has 3 aromatic carbocycles. The highest BCUT2D eigenvalue weighted by molar-refractivity contribution is 5.75. The molecule has 4 aromatic rings. The van der Waals surface area contributed by atoms with Crippen LogP contribution in [0.5, 0.6) is 0 Å². The minimum absolute atomic E-state index is 0.0184. The Hall–Kier alpha value is -4.88. The molecule has 3 saturated heterocycles. The highest BCUT2D eigenvalue weighted by atomic mass is 19.1. The van der Waals surface area contributed by atoms with Gasteiger partial charge in [0.15, 0.2) is 0 Å². The Morgan fingerprint density at radius 1 is 0.926 bits per heavy atom. The number of benzene rings is 3. The molecule has 0 radical (unpaired) electrons. The topological polar surface area (TPSA) is 100 Å². The molecule has 7 rings (SSSR count). The molecule has 286 valence electrons. The molecule has 10 nitrogen and oxygen atoms in total. The van der Waals surface area contributed by atoms with Gasteiger partial charge in [-0.25, -0.2) is 27.7 Å². The molecule has 0 aliphatic carbocycles. The zero-order valence-corrected chi connectivity index (χ0v) is 30.1. The van der Waals surface area contributed by atoms with E-state index < -0.39 is 42.0 Å². The predicted molar refractivity (Wildman–Crippen MR) is 195 cm³/mol. The molecule has 1 N–H and O–H groups in total. The number of aliphatic hydroxyl groups is 1. The van der Waals surface area contributed by atoms with Crippen LogP contribution in [-0.4, -0.2) is 99.7 Å². The highest BCUT2D eigenvalue weighted by Gasteiger charge is 2.44. The van der Waals surface area contributed by atoms with Crippen molar-refractivity contribution in [2.75, 3.05) is 45.9 Å². The van der Waals surface area contributed by atoms with Gasteiger partial charge in [0.05, 0.1) is 24.4 Å². The second-order valence-corrected chi connectivity index (χ2v) is 14.5. The van der Waals surface area contributed by atoms with E-state index in [9.17, 15) is 19.1 Å². The molecule has 3 fully saturated rings. The summed E-state index contributed by atoms with van der Waals surface area (Å²) < 4.78 is 59.1. The van der Waals surface area contributed by atoms with Crippen LogP contribution in [0.15, 0.2) is 85.1 Å². The van der Waals surface area contributed by atoms with Crippen LogP contribution >= 0.6 is 0 Å². The van der Waals surface area contributed by atoms with Crippen molar-refractivity contribution in [3.8, 4) is 11.3 Å². The van der Waals surface area contributed by atoms with E-state index in [-0.39, 0.29) is 56.0 Å². The number of imidazole rings is 1. The number of carbonyl (C=O) groups excluding carboxylic acids is 2. The van der Waals surface area contributed by atoms with Gasteiger partial charge >= 0.3 is 12.1 Å². The first-order chi connectivity index (χ1) is 26.2. The lowest BCUT2D eigenvalue weighted by molar-refractivity contribution is 0.0133. The molecule has 1 unspecified atom stereocenters. The lowest BCUT2D eigenvalue weighted by Crippen LogP contribution is -2.53. The predicted octanol–water partition coefficient (Wildman–Crippen LogP) is 6.83. The van der Waals surface area contributed by atoms with Crippen molar-refractivity contribution >= 4 is 12.1 Å². The van der Waals surface area contributed by atoms with Crippen LogP contribution in [0, 0.1) is 23.5 Å². The van der Waals surface area contributed by atoms with E-state index in [1.54, 1.807) is 16.0 Å². The molecule has 4 atom stereocenters. The number of aliphatic hydroxyl groups excluding tert-OH is 1. The Labute approximate surface area is 313 Å². The molecule has 13 heteroatoms. The fraction of sp³-hybridized carbons (Fsp3) is 0.439. The van der Waals surface area contributed by atoms with Crippen molar-refractivity contribution in [2.24, 2.45) is 11.8 Å². The third-order valence-corrected chi connectivity index (χ3v) is 10.7. The van der Waals surface area contributed by atoms with Crippen LogP contribution in [0.25, 0.3) is 11.3 Å². The zero-order valence-electron chi connectivity index (χ0n) is 30.1. The van der Waals surface area contributed by atoms with E-state index in [4.69, 9.17) is 14.5 Å². The molecule has 3 aliphatic rings. The van der Waals surface area contributed by atoms with Gasteiger partial charge in [0.1, 0.15) is 30.2 Å². The van der Waals surface area contributed by atoms with Crippen molar-refractivity contribution in [3.05, 3.63) is 114 Å². The molecule has 0 spiro atoms. The quantitative estimate of drug-likeness (QED) is 0.191. The lowest BCUT2D eigenvalue weighted by atomic mass is 9.89.